The number of hydrogen-bond donors (Lipinski definition) is 1. The van der Waals surface area contributed by atoms with Crippen molar-refractivity contribution in [2.45, 2.75) is 32.6 Å². The molecule has 19 heavy (non-hydrogen) atoms. The number of rotatable bonds is 1. The maximum Gasteiger partial charge on any atom is 0.129 e. The van der Waals surface area contributed by atoms with Gasteiger partial charge in [-0.1, -0.05) is 20.8 Å². The summed E-state index contributed by atoms with van der Waals surface area (Å²) in [6.07, 6.45) is 5.01. The molecule has 4 nitrogen and oxygen atoms in total. The molecule has 0 saturated carbocycles. The predicted molar refractivity (Wildman–Crippen MR) is 77.3 cm³/mol. The van der Waals surface area contributed by atoms with E-state index in [1.165, 1.54) is 11.1 Å². The molecule has 0 aromatic carbocycles. The van der Waals surface area contributed by atoms with Gasteiger partial charge in [0, 0.05) is 42.5 Å². The van der Waals surface area contributed by atoms with Crippen LogP contribution in [0.3, 0.4) is 0 Å². The number of nitrogens with one attached hydrogen (secondary N) is 1. The Morgan fingerprint density at radius 3 is 2.79 bits per heavy atom. The van der Waals surface area contributed by atoms with E-state index in [9.17, 15) is 0 Å². The van der Waals surface area contributed by atoms with Gasteiger partial charge in [-0.15, -0.1) is 0 Å². The molecule has 1 aliphatic rings. The highest BCUT2D eigenvalue weighted by Crippen LogP contribution is 2.32. The lowest BCUT2D eigenvalue weighted by molar-refractivity contribution is 0.523. The maximum absolute atomic E-state index is 4.84. The molecule has 4 heteroatoms. The summed E-state index contributed by atoms with van der Waals surface area (Å²) < 4.78 is 2.13. The normalized spacial score (nSPS) is 14.3. The van der Waals surface area contributed by atoms with E-state index in [2.05, 4.69) is 54.9 Å². The summed E-state index contributed by atoms with van der Waals surface area (Å²) in [6.45, 7) is 7.55. The van der Waals surface area contributed by atoms with Gasteiger partial charge in [-0.05, 0) is 12.5 Å². The average molecular weight is 256 g/mol. The Labute approximate surface area is 113 Å². The highest BCUT2D eigenvalue weighted by atomic mass is 15.1. The SMILES string of the molecule is Cn1cc(-c2ccnc3c2CCN3)nc1C(C)(C)C. The number of anilines is 1. The molecule has 0 fully saturated rings. The zero-order valence-electron chi connectivity index (χ0n) is 12.0. The molecule has 2 aromatic heterocycles. The number of imidazole rings is 1. The van der Waals surface area contributed by atoms with Crippen LogP contribution < -0.4 is 5.32 Å². The molecule has 1 aliphatic heterocycles. The number of pyridine rings is 1. The fourth-order valence-electron chi connectivity index (χ4n) is 2.74. The van der Waals surface area contributed by atoms with Crippen LogP contribution in [0.5, 0.6) is 0 Å². The summed E-state index contributed by atoms with van der Waals surface area (Å²) in [5.41, 5.74) is 3.61. The summed E-state index contributed by atoms with van der Waals surface area (Å²) in [7, 11) is 2.07. The number of fused-ring (bicyclic) bond motifs is 1. The van der Waals surface area contributed by atoms with Crippen molar-refractivity contribution in [3.05, 3.63) is 29.8 Å². The first-order valence-corrected chi connectivity index (χ1v) is 6.73. The van der Waals surface area contributed by atoms with E-state index in [0.717, 1.165) is 30.3 Å². The van der Waals surface area contributed by atoms with E-state index in [0.29, 0.717) is 0 Å². The van der Waals surface area contributed by atoms with E-state index in [4.69, 9.17) is 4.98 Å². The first-order chi connectivity index (χ1) is 8.97. The summed E-state index contributed by atoms with van der Waals surface area (Å²) in [5, 5.41) is 3.32. The smallest absolute Gasteiger partial charge is 0.129 e. The quantitative estimate of drug-likeness (QED) is 0.853. The summed E-state index contributed by atoms with van der Waals surface area (Å²) in [4.78, 5) is 9.21. The lowest BCUT2D eigenvalue weighted by atomic mass is 9.96. The molecular formula is C15H20N4. The van der Waals surface area contributed by atoms with E-state index >= 15 is 0 Å². The standard InChI is InChI=1S/C15H20N4/c1-15(2,3)14-18-12(9-19(14)4)10-5-7-16-13-11(10)6-8-17-13/h5,7,9H,6,8H2,1-4H3,(H,16,17). The molecule has 0 radical (unpaired) electrons. The fourth-order valence-corrected chi connectivity index (χ4v) is 2.74. The second-order valence-corrected chi connectivity index (χ2v) is 6.17. The summed E-state index contributed by atoms with van der Waals surface area (Å²) in [5.74, 6) is 2.12. The van der Waals surface area contributed by atoms with Gasteiger partial charge in [-0.25, -0.2) is 9.97 Å². The minimum Gasteiger partial charge on any atom is -0.369 e. The summed E-state index contributed by atoms with van der Waals surface area (Å²) in [6, 6.07) is 2.07. The van der Waals surface area contributed by atoms with Crippen molar-refractivity contribution in [3.8, 4) is 11.3 Å². The van der Waals surface area contributed by atoms with Gasteiger partial charge in [-0.2, -0.15) is 0 Å². The van der Waals surface area contributed by atoms with Crippen LogP contribution in [0, 0.1) is 0 Å². The molecule has 100 valence electrons. The molecule has 0 bridgehead atoms. The van der Waals surface area contributed by atoms with E-state index in [1.54, 1.807) is 0 Å². The van der Waals surface area contributed by atoms with Gasteiger partial charge in [0.15, 0.2) is 0 Å². The molecule has 0 unspecified atom stereocenters. The van der Waals surface area contributed by atoms with Gasteiger partial charge in [0.1, 0.15) is 11.6 Å². The van der Waals surface area contributed by atoms with Crippen molar-refractivity contribution in [1.29, 1.82) is 0 Å². The van der Waals surface area contributed by atoms with Crippen molar-refractivity contribution in [3.63, 3.8) is 0 Å². The number of nitrogens with zero attached hydrogens (tertiary/aromatic N) is 3. The number of hydrogen-bond acceptors (Lipinski definition) is 3. The molecule has 2 aromatic rings. The first kappa shape index (κ1) is 12.2. The van der Waals surface area contributed by atoms with E-state index < -0.39 is 0 Å². The van der Waals surface area contributed by atoms with E-state index in [-0.39, 0.29) is 5.41 Å². The van der Waals surface area contributed by atoms with Crippen molar-refractivity contribution in [1.82, 2.24) is 14.5 Å². The molecule has 0 atom stereocenters. The zero-order chi connectivity index (χ0) is 13.6. The molecule has 1 N–H and O–H groups in total. The average Bonchev–Trinajstić information content (AvgIpc) is 2.93. The molecular weight excluding hydrogens is 236 g/mol. The molecule has 0 saturated heterocycles. The first-order valence-electron chi connectivity index (χ1n) is 6.73. The van der Waals surface area contributed by atoms with Crippen LogP contribution in [0.1, 0.15) is 32.2 Å². The molecule has 3 rings (SSSR count). The number of aryl methyl sites for hydroxylation is 1. The van der Waals surface area contributed by atoms with Crippen LogP contribution in [-0.2, 0) is 18.9 Å². The molecule has 3 heterocycles. The van der Waals surface area contributed by atoms with E-state index in [1.807, 2.05) is 6.20 Å². The van der Waals surface area contributed by atoms with Crippen LogP contribution in [0.25, 0.3) is 11.3 Å². The summed E-state index contributed by atoms with van der Waals surface area (Å²) >= 11 is 0. The Kier molecular flexibility index (Phi) is 2.62. The second kappa shape index (κ2) is 4.08. The van der Waals surface area contributed by atoms with Crippen LogP contribution in [0.15, 0.2) is 18.5 Å². The second-order valence-electron chi connectivity index (χ2n) is 6.17. The zero-order valence-corrected chi connectivity index (χ0v) is 12.0. The Bertz CT molecular complexity index is 620. The molecule has 0 spiro atoms. The fraction of sp³-hybridized carbons (Fsp3) is 0.467. The topological polar surface area (TPSA) is 42.7 Å². The highest BCUT2D eigenvalue weighted by molar-refractivity contribution is 5.71. The van der Waals surface area contributed by atoms with Crippen molar-refractivity contribution >= 4 is 5.82 Å². The van der Waals surface area contributed by atoms with Gasteiger partial charge >= 0.3 is 0 Å². The van der Waals surface area contributed by atoms with Crippen molar-refractivity contribution in [2.75, 3.05) is 11.9 Å². The van der Waals surface area contributed by atoms with Gasteiger partial charge in [0.25, 0.3) is 0 Å². The third-order valence-electron chi connectivity index (χ3n) is 3.55. The van der Waals surface area contributed by atoms with Gasteiger partial charge in [0.2, 0.25) is 0 Å². The van der Waals surface area contributed by atoms with Crippen LogP contribution in [0.4, 0.5) is 5.82 Å². The van der Waals surface area contributed by atoms with Gasteiger partial charge in [0.05, 0.1) is 5.69 Å². The van der Waals surface area contributed by atoms with Gasteiger partial charge in [-0.3, -0.25) is 0 Å². The monoisotopic (exact) mass is 256 g/mol. The Morgan fingerprint density at radius 2 is 2.11 bits per heavy atom. The van der Waals surface area contributed by atoms with Crippen LogP contribution >= 0.6 is 0 Å². The van der Waals surface area contributed by atoms with Crippen molar-refractivity contribution < 1.29 is 0 Å². The molecule has 0 aliphatic carbocycles. The maximum atomic E-state index is 4.84. The largest absolute Gasteiger partial charge is 0.369 e. The minimum absolute atomic E-state index is 0.0570. The third-order valence-corrected chi connectivity index (χ3v) is 3.55. The molecule has 0 amide bonds. The highest BCUT2D eigenvalue weighted by Gasteiger charge is 2.23. The predicted octanol–water partition coefficient (Wildman–Crippen LogP) is 2.75. The van der Waals surface area contributed by atoms with Gasteiger partial charge < -0.3 is 9.88 Å². The lowest BCUT2D eigenvalue weighted by Gasteiger charge is -2.17. The lowest BCUT2D eigenvalue weighted by Crippen LogP contribution is -2.17. The third kappa shape index (κ3) is 2.01. The minimum atomic E-state index is 0.0570. The van der Waals surface area contributed by atoms with Crippen molar-refractivity contribution in [2.24, 2.45) is 7.05 Å². The Hall–Kier alpha value is -1.84. The Balaban J connectivity index is 2.12. The Morgan fingerprint density at radius 1 is 1.32 bits per heavy atom. The van der Waals surface area contributed by atoms with Crippen LogP contribution in [-0.4, -0.2) is 21.1 Å². The van der Waals surface area contributed by atoms with Crippen LogP contribution in [0.2, 0.25) is 0 Å². The number of aromatic nitrogens is 3.